The number of aromatic nitrogens is 3. The van der Waals surface area contributed by atoms with Crippen molar-refractivity contribution in [3.8, 4) is 0 Å². The molecule has 1 aliphatic rings. The van der Waals surface area contributed by atoms with Crippen LogP contribution in [0.2, 0.25) is 0 Å². The number of nitrogens with one attached hydrogen (secondary N) is 1. The van der Waals surface area contributed by atoms with E-state index in [1.807, 2.05) is 39.4 Å². The maximum Gasteiger partial charge on any atom is 0.252 e. The number of carbonyl (C=O) groups is 1. The molecule has 4 rings (SSSR count). The molecule has 0 saturated heterocycles. The second kappa shape index (κ2) is 7.52. The van der Waals surface area contributed by atoms with Gasteiger partial charge in [0, 0.05) is 60.8 Å². The zero-order valence-corrected chi connectivity index (χ0v) is 17.5. The Morgan fingerprint density at radius 1 is 1.32 bits per heavy atom. The Bertz CT molecular complexity index is 997. The molecule has 4 heterocycles. The Kier molecular flexibility index (Phi) is 5.07. The molecule has 1 N–H and O–H groups in total. The molecule has 3 aromatic rings. The number of nitrogens with zero attached hydrogens (tertiary/aromatic N) is 4. The lowest BCUT2D eigenvalue weighted by molar-refractivity contribution is 0.0949. The summed E-state index contributed by atoms with van der Waals surface area (Å²) in [6, 6.07) is 0. The molecule has 0 fully saturated rings. The first-order chi connectivity index (χ1) is 13.4. The second-order valence-corrected chi connectivity index (χ2v) is 8.37. The quantitative estimate of drug-likeness (QED) is 0.714. The largest absolute Gasteiger partial charge is 0.361 e. The van der Waals surface area contributed by atoms with Gasteiger partial charge in [-0.1, -0.05) is 5.16 Å². The number of fused-ring (bicyclic) bond motifs is 1. The van der Waals surface area contributed by atoms with Gasteiger partial charge in [0.05, 0.1) is 17.0 Å². The predicted molar refractivity (Wildman–Crippen MR) is 107 cm³/mol. The third kappa shape index (κ3) is 3.62. The lowest BCUT2D eigenvalue weighted by Gasteiger charge is -2.27. The summed E-state index contributed by atoms with van der Waals surface area (Å²) in [7, 11) is 1.89. The van der Waals surface area contributed by atoms with Gasteiger partial charge >= 0.3 is 0 Å². The number of amides is 1. The molecule has 0 radical (unpaired) electrons. The summed E-state index contributed by atoms with van der Waals surface area (Å²) in [6.07, 6.45) is 2.84. The van der Waals surface area contributed by atoms with Gasteiger partial charge in [0.2, 0.25) is 0 Å². The Morgan fingerprint density at radius 3 is 2.82 bits per heavy atom. The Hall–Kier alpha value is -2.45. The van der Waals surface area contributed by atoms with E-state index in [9.17, 15) is 4.79 Å². The van der Waals surface area contributed by atoms with Crippen LogP contribution in [-0.2, 0) is 33.1 Å². The van der Waals surface area contributed by atoms with Crippen molar-refractivity contribution in [2.24, 2.45) is 7.05 Å². The smallest absolute Gasteiger partial charge is 0.252 e. The molecule has 0 atom stereocenters. The van der Waals surface area contributed by atoms with Crippen LogP contribution in [0.25, 0.3) is 0 Å². The molecule has 28 heavy (non-hydrogen) atoms. The molecule has 0 unspecified atom stereocenters. The van der Waals surface area contributed by atoms with Crippen molar-refractivity contribution in [1.82, 2.24) is 25.2 Å². The van der Waals surface area contributed by atoms with Crippen LogP contribution in [0.3, 0.4) is 0 Å². The molecule has 1 aliphatic heterocycles. The van der Waals surface area contributed by atoms with Gasteiger partial charge in [-0.3, -0.25) is 14.4 Å². The fourth-order valence-corrected chi connectivity index (χ4v) is 4.87. The summed E-state index contributed by atoms with van der Waals surface area (Å²) in [6.45, 7) is 9.03. The van der Waals surface area contributed by atoms with Gasteiger partial charge in [0.1, 0.15) is 5.76 Å². The number of hydrogen-bond acceptors (Lipinski definition) is 6. The zero-order valence-electron chi connectivity index (χ0n) is 16.7. The van der Waals surface area contributed by atoms with Gasteiger partial charge < -0.3 is 9.84 Å². The average Bonchev–Trinajstić information content (AvgIpc) is 3.32. The van der Waals surface area contributed by atoms with Gasteiger partial charge in [-0.05, 0) is 32.8 Å². The molecule has 3 aromatic heterocycles. The second-order valence-electron chi connectivity index (χ2n) is 7.41. The normalized spacial score (nSPS) is 14.3. The summed E-state index contributed by atoms with van der Waals surface area (Å²) in [5.41, 5.74) is 6.14. The fourth-order valence-electron chi connectivity index (χ4n) is 3.75. The maximum atomic E-state index is 12.7. The molecule has 148 valence electrons. The van der Waals surface area contributed by atoms with Crippen molar-refractivity contribution in [1.29, 1.82) is 0 Å². The van der Waals surface area contributed by atoms with Crippen LogP contribution < -0.4 is 5.32 Å². The molecule has 1 amide bonds. The molecule has 7 nitrogen and oxygen atoms in total. The highest BCUT2D eigenvalue weighted by Crippen LogP contribution is 2.30. The monoisotopic (exact) mass is 399 g/mol. The van der Waals surface area contributed by atoms with Gasteiger partial charge in [0.15, 0.2) is 0 Å². The van der Waals surface area contributed by atoms with E-state index in [0.29, 0.717) is 6.54 Å². The van der Waals surface area contributed by atoms with Gasteiger partial charge in [-0.15, -0.1) is 11.3 Å². The molecule has 0 spiro atoms. The lowest BCUT2D eigenvalue weighted by atomic mass is 10.0. The number of rotatable bonds is 5. The van der Waals surface area contributed by atoms with Crippen LogP contribution in [0, 0.1) is 20.8 Å². The lowest BCUT2D eigenvalue weighted by Crippen LogP contribution is -2.31. The highest BCUT2D eigenvalue weighted by Gasteiger charge is 2.25. The molecule has 0 saturated carbocycles. The van der Waals surface area contributed by atoms with Crippen molar-refractivity contribution in [2.75, 3.05) is 6.54 Å². The van der Waals surface area contributed by atoms with Crippen LogP contribution in [-0.4, -0.2) is 32.3 Å². The summed E-state index contributed by atoms with van der Waals surface area (Å²) < 4.78 is 7.06. The van der Waals surface area contributed by atoms with E-state index >= 15 is 0 Å². The minimum absolute atomic E-state index is 0.0000680. The summed E-state index contributed by atoms with van der Waals surface area (Å²) >= 11 is 1.68. The van der Waals surface area contributed by atoms with E-state index in [2.05, 4.69) is 20.5 Å². The van der Waals surface area contributed by atoms with Crippen molar-refractivity contribution >= 4 is 17.2 Å². The first-order valence-electron chi connectivity index (χ1n) is 9.43. The predicted octanol–water partition coefficient (Wildman–Crippen LogP) is 2.88. The Morgan fingerprint density at radius 2 is 2.14 bits per heavy atom. The molecule has 8 heteroatoms. The SMILES string of the molecule is Cc1nn(C)cc1CNC(=O)c1csc2c1CCN(Cc1c(C)noc1C)C2. The zero-order chi connectivity index (χ0) is 19.8. The van der Waals surface area contributed by atoms with E-state index in [1.54, 1.807) is 16.0 Å². The third-order valence-electron chi connectivity index (χ3n) is 5.39. The Balaban J connectivity index is 1.42. The minimum atomic E-state index is -0.0000680. The summed E-state index contributed by atoms with van der Waals surface area (Å²) in [5, 5.41) is 13.4. The minimum Gasteiger partial charge on any atom is -0.361 e. The number of aryl methyl sites for hydroxylation is 4. The van der Waals surface area contributed by atoms with E-state index in [-0.39, 0.29) is 5.91 Å². The van der Waals surface area contributed by atoms with E-state index in [4.69, 9.17) is 4.52 Å². The maximum absolute atomic E-state index is 12.7. The molecular formula is C20H25N5O2S. The van der Waals surface area contributed by atoms with Crippen LogP contribution in [0.5, 0.6) is 0 Å². The summed E-state index contributed by atoms with van der Waals surface area (Å²) in [5.74, 6) is 0.889. The van der Waals surface area contributed by atoms with Crippen molar-refractivity contribution in [3.05, 3.63) is 55.9 Å². The molecule has 0 aromatic carbocycles. The summed E-state index contributed by atoms with van der Waals surface area (Å²) in [4.78, 5) is 16.4. The van der Waals surface area contributed by atoms with Gasteiger partial charge in [-0.2, -0.15) is 5.10 Å². The topological polar surface area (TPSA) is 76.2 Å². The average molecular weight is 400 g/mol. The van der Waals surface area contributed by atoms with Crippen LogP contribution >= 0.6 is 11.3 Å². The van der Waals surface area contributed by atoms with Crippen molar-refractivity contribution in [3.63, 3.8) is 0 Å². The van der Waals surface area contributed by atoms with E-state index in [0.717, 1.165) is 54.3 Å². The van der Waals surface area contributed by atoms with Gasteiger partial charge in [0.25, 0.3) is 5.91 Å². The molecule has 0 bridgehead atoms. The standard InChI is InChI=1S/C20H25N5O2S/c1-12-15(8-24(4)22-12)7-21-20(26)18-11-28-19-10-25(6-5-16(18)19)9-17-13(2)23-27-14(17)3/h8,11H,5-7,9-10H2,1-4H3,(H,21,26). The first kappa shape index (κ1) is 18.9. The highest BCUT2D eigenvalue weighted by molar-refractivity contribution is 7.10. The van der Waals surface area contributed by atoms with Crippen molar-refractivity contribution < 1.29 is 9.32 Å². The van der Waals surface area contributed by atoms with Crippen LogP contribution in [0.15, 0.2) is 16.1 Å². The Labute approximate surface area is 168 Å². The van der Waals surface area contributed by atoms with E-state index in [1.165, 1.54) is 16.0 Å². The number of carbonyl (C=O) groups excluding carboxylic acids is 1. The third-order valence-corrected chi connectivity index (χ3v) is 6.40. The highest BCUT2D eigenvalue weighted by atomic mass is 32.1. The number of thiophene rings is 1. The van der Waals surface area contributed by atoms with E-state index < -0.39 is 0 Å². The first-order valence-corrected chi connectivity index (χ1v) is 10.3. The van der Waals surface area contributed by atoms with Crippen LogP contribution in [0.1, 0.15) is 49.1 Å². The molecular weight excluding hydrogens is 374 g/mol. The van der Waals surface area contributed by atoms with Crippen LogP contribution in [0.4, 0.5) is 0 Å². The fraction of sp³-hybridized carbons (Fsp3) is 0.450. The number of hydrogen-bond donors (Lipinski definition) is 1. The van der Waals surface area contributed by atoms with Gasteiger partial charge in [-0.25, -0.2) is 0 Å². The van der Waals surface area contributed by atoms with Crippen molar-refractivity contribution in [2.45, 2.75) is 46.8 Å². The molecule has 0 aliphatic carbocycles.